The number of thioether (sulfide) groups is 1. The van der Waals surface area contributed by atoms with Crippen molar-refractivity contribution < 1.29 is 26.7 Å². The van der Waals surface area contributed by atoms with Crippen LogP contribution in [0.4, 0.5) is 14.5 Å². The summed E-state index contributed by atoms with van der Waals surface area (Å²) in [7, 11) is 0.700. The summed E-state index contributed by atoms with van der Waals surface area (Å²) < 4.78 is 61.8. The molecule has 0 aromatic heterocycles. The highest BCUT2D eigenvalue weighted by Crippen LogP contribution is 2.34. The van der Waals surface area contributed by atoms with Crippen LogP contribution in [0.5, 0.6) is 0 Å². The number of rotatable bonds is 12. The summed E-state index contributed by atoms with van der Waals surface area (Å²) in [6.07, 6.45) is 2.82. The number of hydrogen-bond acceptors (Lipinski definition) is 8. The van der Waals surface area contributed by atoms with Crippen LogP contribution in [0.2, 0.25) is 0 Å². The fourth-order valence-electron chi connectivity index (χ4n) is 4.26. The molecule has 0 radical (unpaired) electrons. The molecule has 8 nitrogen and oxygen atoms in total. The highest BCUT2D eigenvalue weighted by Gasteiger charge is 2.43. The smallest absolute Gasteiger partial charge is 0.265 e. The standard InChI is InChI=1S/C26H32F2N4O4S2/c1-32(2)13-10-20(17-37-21-8-6-19(27)7-9-21)30-24-18(16-29)14-22(15-23(24)28)38(34,35)31-25(33)26(36-3)11-4-5-12-26/h6-9,14-15,20,30H,4-5,10-13,17H2,1-3H3,(H,31,33)/t20-/m1/s1. The van der Waals surface area contributed by atoms with Crippen molar-refractivity contribution >= 4 is 33.4 Å². The third-order valence-electron chi connectivity index (χ3n) is 6.48. The van der Waals surface area contributed by atoms with Crippen molar-refractivity contribution in [2.75, 3.05) is 38.8 Å². The molecule has 0 aliphatic heterocycles. The number of nitriles is 1. The molecule has 0 spiro atoms. The second-order valence-corrected chi connectivity index (χ2v) is 12.3. The van der Waals surface area contributed by atoms with E-state index in [4.69, 9.17) is 4.74 Å². The summed E-state index contributed by atoms with van der Waals surface area (Å²) in [4.78, 5) is 15.0. The minimum absolute atomic E-state index is 0.120. The van der Waals surface area contributed by atoms with E-state index in [1.165, 1.54) is 31.0 Å². The van der Waals surface area contributed by atoms with Gasteiger partial charge in [-0.25, -0.2) is 21.9 Å². The lowest BCUT2D eigenvalue weighted by Crippen LogP contribution is -2.48. The van der Waals surface area contributed by atoms with E-state index in [2.05, 4.69) is 5.32 Å². The predicted molar refractivity (Wildman–Crippen MR) is 142 cm³/mol. The van der Waals surface area contributed by atoms with E-state index in [0.717, 1.165) is 29.9 Å². The lowest BCUT2D eigenvalue weighted by Gasteiger charge is -2.26. The molecular weight excluding hydrogens is 534 g/mol. The molecule has 1 fully saturated rings. The van der Waals surface area contributed by atoms with Gasteiger partial charge in [0.1, 0.15) is 23.3 Å². The maximum atomic E-state index is 15.3. The van der Waals surface area contributed by atoms with Crippen LogP contribution in [0.15, 0.2) is 46.2 Å². The number of methoxy groups -OCH3 is 1. The number of carbonyl (C=O) groups excluding carboxylic acids is 1. The van der Waals surface area contributed by atoms with Gasteiger partial charge in [-0.3, -0.25) is 4.79 Å². The van der Waals surface area contributed by atoms with Crippen LogP contribution in [0.25, 0.3) is 0 Å². The molecule has 0 bridgehead atoms. The normalized spacial score (nSPS) is 15.7. The molecule has 1 aliphatic carbocycles. The average molecular weight is 567 g/mol. The van der Waals surface area contributed by atoms with Crippen LogP contribution in [-0.4, -0.2) is 64.4 Å². The lowest BCUT2D eigenvalue weighted by molar-refractivity contribution is -0.140. The van der Waals surface area contributed by atoms with E-state index in [-0.39, 0.29) is 23.1 Å². The quantitative estimate of drug-likeness (QED) is 0.369. The van der Waals surface area contributed by atoms with Gasteiger partial charge >= 0.3 is 0 Å². The van der Waals surface area contributed by atoms with Crippen molar-refractivity contribution in [2.45, 2.75) is 53.5 Å². The van der Waals surface area contributed by atoms with Gasteiger partial charge in [0.15, 0.2) is 0 Å². The van der Waals surface area contributed by atoms with Crippen LogP contribution in [0.1, 0.15) is 37.7 Å². The summed E-state index contributed by atoms with van der Waals surface area (Å²) in [5, 5.41) is 12.8. The largest absolute Gasteiger partial charge is 0.378 e. The van der Waals surface area contributed by atoms with Crippen LogP contribution < -0.4 is 10.0 Å². The summed E-state index contributed by atoms with van der Waals surface area (Å²) in [5.41, 5.74) is -1.57. The zero-order chi connectivity index (χ0) is 27.9. The molecule has 2 aromatic carbocycles. The Morgan fingerprint density at radius 3 is 2.45 bits per heavy atom. The second-order valence-electron chi connectivity index (χ2n) is 9.48. The monoisotopic (exact) mass is 566 g/mol. The number of ether oxygens (including phenoxy) is 1. The molecule has 1 amide bonds. The van der Waals surface area contributed by atoms with Crippen molar-refractivity contribution in [3.8, 4) is 6.07 Å². The van der Waals surface area contributed by atoms with E-state index < -0.39 is 32.2 Å². The van der Waals surface area contributed by atoms with Crippen LogP contribution in [0, 0.1) is 23.0 Å². The second kappa shape index (κ2) is 12.9. The third-order valence-corrected chi connectivity index (χ3v) is 8.96. The van der Waals surface area contributed by atoms with Gasteiger partial charge < -0.3 is 15.0 Å². The first-order valence-electron chi connectivity index (χ1n) is 12.2. The zero-order valence-corrected chi connectivity index (χ0v) is 23.2. The number of halogens is 2. The minimum atomic E-state index is -4.46. The van der Waals surface area contributed by atoms with Crippen molar-refractivity contribution in [2.24, 2.45) is 0 Å². The maximum absolute atomic E-state index is 15.3. The van der Waals surface area contributed by atoms with Gasteiger partial charge in [0, 0.05) is 23.8 Å². The number of hydrogen-bond donors (Lipinski definition) is 2. The third kappa shape index (κ3) is 7.44. The molecule has 2 N–H and O–H groups in total. The first-order chi connectivity index (χ1) is 18.0. The topological polar surface area (TPSA) is 112 Å². The summed E-state index contributed by atoms with van der Waals surface area (Å²) in [5.74, 6) is -1.59. The fraction of sp³-hybridized carbons (Fsp3) is 0.462. The first kappa shape index (κ1) is 29.8. The number of carbonyl (C=O) groups is 1. The Labute approximate surface area is 226 Å². The van der Waals surface area contributed by atoms with Crippen molar-refractivity contribution in [3.63, 3.8) is 0 Å². The molecule has 12 heteroatoms. The van der Waals surface area contributed by atoms with Gasteiger partial charge in [0.05, 0.1) is 16.1 Å². The zero-order valence-electron chi connectivity index (χ0n) is 21.6. The highest BCUT2D eigenvalue weighted by atomic mass is 32.2. The molecule has 2 aromatic rings. The molecule has 0 saturated heterocycles. The number of anilines is 1. The molecule has 1 atom stereocenters. The van der Waals surface area contributed by atoms with Gasteiger partial charge in [-0.15, -0.1) is 11.8 Å². The SMILES string of the molecule is COC1(C(=O)NS(=O)(=O)c2cc(F)c(N[C@H](CCN(C)C)CSc3ccc(F)cc3)c(C#N)c2)CCCC1. The van der Waals surface area contributed by atoms with Gasteiger partial charge in [0.2, 0.25) is 0 Å². The van der Waals surface area contributed by atoms with E-state index in [0.29, 0.717) is 31.6 Å². The van der Waals surface area contributed by atoms with E-state index in [1.54, 1.807) is 12.1 Å². The van der Waals surface area contributed by atoms with Gasteiger partial charge in [0.25, 0.3) is 15.9 Å². The molecule has 1 aliphatic rings. The molecule has 0 unspecified atom stereocenters. The summed E-state index contributed by atoms with van der Waals surface area (Å²) >= 11 is 1.45. The number of nitrogens with one attached hydrogen (secondary N) is 2. The van der Waals surface area contributed by atoms with E-state index in [1.807, 2.05) is 29.8 Å². The number of sulfonamides is 1. The van der Waals surface area contributed by atoms with Crippen LogP contribution in [0.3, 0.4) is 0 Å². The van der Waals surface area contributed by atoms with Gasteiger partial charge in [-0.2, -0.15) is 5.26 Å². The Balaban J connectivity index is 1.82. The summed E-state index contributed by atoms with van der Waals surface area (Å²) in [6, 6.07) is 9.43. The van der Waals surface area contributed by atoms with Gasteiger partial charge in [-0.05, 0) is 89.1 Å². The summed E-state index contributed by atoms with van der Waals surface area (Å²) in [6.45, 7) is 0.672. The molecule has 38 heavy (non-hydrogen) atoms. The maximum Gasteiger partial charge on any atom is 0.265 e. The average Bonchev–Trinajstić information content (AvgIpc) is 3.37. The first-order valence-corrected chi connectivity index (χ1v) is 14.6. The Morgan fingerprint density at radius 2 is 1.87 bits per heavy atom. The fourth-order valence-corrected chi connectivity index (χ4v) is 6.31. The van der Waals surface area contributed by atoms with E-state index in [9.17, 15) is 22.9 Å². The number of benzene rings is 2. The Morgan fingerprint density at radius 1 is 1.21 bits per heavy atom. The molecule has 206 valence electrons. The Kier molecular flexibility index (Phi) is 10.1. The van der Waals surface area contributed by atoms with Crippen molar-refractivity contribution in [1.29, 1.82) is 5.26 Å². The molecular formula is C26H32F2N4O4S2. The molecule has 1 saturated carbocycles. The Bertz CT molecular complexity index is 1280. The van der Waals surface area contributed by atoms with Crippen LogP contribution >= 0.6 is 11.8 Å². The van der Waals surface area contributed by atoms with Crippen molar-refractivity contribution in [1.82, 2.24) is 9.62 Å². The molecule has 3 rings (SSSR count). The number of amides is 1. The van der Waals surface area contributed by atoms with Gasteiger partial charge in [-0.1, -0.05) is 0 Å². The minimum Gasteiger partial charge on any atom is -0.378 e. The Hall–Kier alpha value is -2.72. The van der Waals surface area contributed by atoms with Crippen molar-refractivity contribution in [3.05, 3.63) is 53.6 Å². The molecule has 0 heterocycles. The predicted octanol–water partition coefficient (Wildman–Crippen LogP) is 4.13. The van der Waals surface area contributed by atoms with Crippen LogP contribution in [-0.2, 0) is 19.6 Å². The lowest BCUT2D eigenvalue weighted by atomic mass is 10.0. The highest BCUT2D eigenvalue weighted by molar-refractivity contribution is 7.99. The number of nitrogens with zero attached hydrogens (tertiary/aromatic N) is 2. The van der Waals surface area contributed by atoms with E-state index >= 15 is 4.39 Å².